The van der Waals surface area contributed by atoms with E-state index >= 15 is 0 Å². The van der Waals surface area contributed by atoms with Crippen molar-refractivity contribution in [2.24, 2.45) is 0 Å². The molecule has 78 valence electrons. The number of ether oxygens (including phenoxy) is 1. The van der Waals surface area contributed by atoms with Crippen molar-refractivity contribution in [1.82, 2.24) is 0 Å². The summed E-state index contributed by atoms with van der Waals surface area (Å²) in [5, 5.41) is 8.92. The lowest BCUT2D eigenvalue weighted by Crippen LogP contribution is -2.06. The molecule has 0 bridgehead atoms. The first-order valence-electron chi connectivity index (χ1n) is 4.04. The molecule has 0 heterocycles. The molecule has 0 aliphatic heterocycles. The number of esters is 1. The van der Waals surface area contributed by atoms with E-state index in [0.717, 1.165) is 0 Å². The van der Waals surface area contributed by atoms with Crippen molar-refractivity contribution >= 4 is 30.2 Å². The lowest BCUT2D eigenvalue weighted by molar-refractivity contribution is 0.0600. The topological polar surface area (TPSA) is 50.1 Å². The Labute approximate surface area is 98.0 Å². The molecule has 0 fully saturated rings. The number of benzene rings is 1. The quantitative estimate of drug-likeness (QED) is 0.491. The number of hydrogen-bond acceptors (Lipinski definition) is 4. The lowest BCUT2D eigenvalue weighted by Gasteiger charge is -2.07. The second kappa shape index (κ2) is 5.06. The summed E-state index contributed by atoms with van der Waals surface area (Å²) in [6.07, 6.45) is 0. The maximum Gasteiger partial charge on any atom is 0.339 e. The molecule has 5 heteroatoms. The van der Waals surface area contributed by atoms with Crippen LogP contribution < -0.4 is 0 Å². The number of hydrogen-bond donors (Lipinski definition) is 1. The van der Waals surface area contributed by atoms with E-state index < -0.39 is 5.97 Å². The Bertz CT molecular complexity index is 440. The van der Waals surface area contributed by atoms with E-state index in [4.69, 9.17) is 16.9 Å². The Morgan fingerprint density at radius 1 is 1.67 bits per heavy atom. The van der Waals surface area contributed by atoms with Gasteiger partial charge in [0.05, 0.1) is 18.2 Å². The van der Waals surface area contributed by atoms with Gasteiger partial charge in [0.1, 0.15) is 6.07 Å². The van der Waals surface area contributed by atoms with E-state index in [1.807, 2.05) is 6.07 Å². The molecule has 0 saturated heterocycles. The molecule has 0 N–H and O–H groups in total. The number of halogens is 1. The van der Waals surface area contributed by atoms with E-state index in [1.54, 1.807) is 6.07 Å². The molecule has 1 aromatic rings. The Morgan fingerprint density at radius 3 is 2.80 bits per heavy atom. The third-order valence-electron chi connectivity index (χ3n) is 1.87. The number of alkyl halides is 1. The van der Waals surface area contributed by atoms with Gasteiger partial charge in [-0.2, -0.15) is 5.26 Å². The third kappa shape index (κ3) is 2.44. The van der Waals surface area contributed by atoms with Gasteiger partial charge in [0.25, 0.3) is 0 Å². The lowest BCUT2D eigenvalue weighted by atomic mass is 10.0. The van der Waals surface area contributed by atoms with Crippen LogP contribution in [0.5, 0.6) is 0 Å². The molecule has 0 saturated carbocycles. The molecule has 0 amide bonds. The van der Waals surface area contributed by atoms with Gasteiger partial charge in [-0.05, 0) is 17.7 Å². The molecule has 0 spiro atoms. The van der Waals surface area contributed by atoms with Gasteiger partial charge < -0.3 is 4.74 Å². The summed E-state index contributed by atoms with van der Waals surface area (Å²) < 4.78 is 4.57. The summed E-state index contributed by atoms with van der Waals surface area (Å²) in [7, 11) is 1.26. The van der Waals surface area contributed by atoms with Crippen LogP contribution in [0.2, 0.25) is 0 Å². The van der Waals surface area contributed by atoms with Crippen molar-refractivity contribution in [2.45, 2.75) is 10.8 Å². The molecule has 0 aliphatic rings. The van der Waals surface area contributed by atoms with E-state index in [-0.39, 0.29) is 17.0 Å². The zero-order valence-corrected chi connectivity index (χ0v) is 9.60. The summed E-state index contributed by atoms with van der Waals surface area (Å²) in [5.74, 6) is -0.407. The second-order valence-corrected chi connectivity index (χ2v) is 3.55. The molecule has 1 aromatic carbocycles. The molecule has 0 aliphatic carbocycles. The molecule has 1 rings (SSSR count). The number of thiol groups is 1. The largest absolute Gasteiger partial charge is 0.465 e. The van der Waals surface area contributed by atoms with E-state index in [2.05, 4.69) is 17.4 Å². The Hall–Kier alpha value is -1.18. The highest BCUT2D eigenvalue weighted by Gasteiger charge is 2.15. The van der Waals surface area contributed by atoms with Gasteiger partial charge in [0, 0.05) is 10.8 Å². The fourth-order valence-corrected chi connectivity index (χ4v) is 1.69. The van der Waals surface area contributed by atoms with Crippen molar-refractivity contribution in [2.75, 3.05) is 7.11 Å². The first kappa shape index (κ1) is 11.9. The van der Waals surface area contributed by atoms with Crippen LogP contribution in [0.25, 0.3) is 0 Å². The fraction of sp³-hybridized carbons (Fsp3) is 0.200. The standard InChI is InChI=1S/C10H8ClNO2S/c1-14-10(13)8-3-7(15)2-6(4-11)9(8)5-12/h2-3,15H,4H2,1H3. The second-order valence-electron chi connectivity index (χ2n) is 2.76. The maximum absolute atomic E-state index is 11.4. The van der Waals surface area contributed by atoms with Crippen molar-refractivity contribution < 1.29 is 9.53 Å². The zero-order chi connectivity index (χ0) is 11.4. The van der Waals surface area contributed by atoms with Crippen LogP contribution in [-0.4, -0.2) is 13.1 Å². The average Bonchev–Trinajstić information content (AvgIpc) is 2.26. The number of carbonyl (C=O) groups is 1. The molecular formula is C10H8ClNO2S. The van der Waals surface area contributed by atoms with E-state index in [0.29, 0.717) is 10.5 Å². The highest BCUT2D eigenvalue weighted by atomic mass is 35.5. The van der Waals surface area contributed by atoms with Crippen LogP contribution in [0.15, 0.2) is 17.0 Å². The van der Waals surface area contributed by atoms with Gasteiger partial charge in [-0.25, -0.2) is 4.79 Å². The van der Waals surface area contributed by atoms with Crippen LogP contribution in [0, 0.1) is 11.3 Å². The predicted octanol–water partition coefficient (Wildman–Crippen LogP) is 2.37. The van der Waals surface area contributed by atoms with Crippen molar-refractivity contribution in [3.63, 3.8) is 0 Å². The highest BCUT2D eigenvalue weighted by molar-refractivity contribution is 7.80. The molecule has 3 nitrogen and oxygen atoms in total. The number of methoxy groups -OCH3 is 1. The normalized spacial score (nSPS) is 9.47. The van der Waals surface area contributed by atoms with Crippen LogP contribution in [-0.2, 0) is 10.6 Å². The Kier molecular flexibility index (Phi) is 4.01. The summed E-state index contributed by atoms with van der Waals surface area (Å²) in [4.78, 5) is 11.9. The van der Waals surface area contributed by atoms with Gasteiger partial charge in [-0.1, -0.05) is 0 Å². The Morgan fingerprint density at radius 2 is 2.33 bits per heavy atom. The fourth-order valence-electron chi connectivity index (χ4n) is 1.19. The molecular weight excluding hydrogens is 234 g/mol. The minimum absolute atomic E-state index is 0.154. The first-order valence-corrected chi connectivity index (χ1v) is 5.02. The number of carbonyl (C=O) groups excluding carboxylic acids is 1. The van der Waals surface area contributed by atoms with Crippen molar-refractivity contribution in [1.29, 1.82) is 5.26 Å². The number of nitrogens with zero attached hydrogens (tertiary/aromatic N) is 1. The van der Waals surface area contributed by atoms with Gasteiger partial charge in [-0.15, -0.1) is 24.2 Å². The maximum atomic E-state index is 11.4. The van der Waals surface area contributed by atoms with Crippen LogP contribution in [0.4, 0.5) is 0 Å². The molecule has 0 atom stereocenters. The van der Waals surface area contributed by atoms with Gasteiger partial charge in [0.2, 0.25) is 0 Å². The minimum atomic E-state index is -0.561. The monoisotopic (exact) mass is 241 g/mol. The molecule has 0 unspecified atom stereocenters. The van der Waals surface area contributed by atoms with E-state index in [1.165, 1.54) is 13.2 Å². The van der Waals surface area contributed by atoms with Crippen LogP contribution >= 0.6 is 24.2 Å². The van der Waals surface area contributed by atoms with Gasteiger partial charge in [-0.3, -0.25) is 0 Å². The molecule has 0 radical (unpaired) electrons. The van der Waals surface area contributed by atoms with Gasteiger partial charge >= 0.3 is 5.97 Å². The number of nitriles is 1. The van der Waals surface area contributed by atoms with Gasteiger partial charge in [0.15, 0.2) is 0 Å². The SMILES string of the molecule is COC(=O)c1cc(S)cc(CCl)c1C#N. The van der Waals surface area contributed by atoms with E-state index in [9.17, 15) is 4.79 Å². The summed E-state index contributed by atoms with van der Waals surface area (Å²) in [6.45, 7) is 0. The van der Waals surface area contributed by atoms with Crippen molar-refractivity contribution in [3.8, 4) is 6.07 Å². The molecule has 15 heavy (non-hydrogen) atoms. The highest BCUT2D eigenvalue weighted by Crippen LogP contribution is 2.21. The number of rotatable bonds is 2. The Balaban J connectivity index is 3.43. The smallest absolute Gasteiger partial charge is 0.339 e. The van der Waals surface area contributed by atoms with Crippen LogP contribution in [0.3, 0.4) is 0 Å². The zero-order valence-electron chi connectivity index (χ0n) is 7.95. The van der Waals surface area contributed by atoms with Crippen LogP contribution in [0.1, 0.15) is 21.5 Å². The summed E-state index contributed by atoms with van der Waals surface area (Å²) >= 11 is 9.79. The first-order chi connectivity index (χ1) is 7.13. The van der Waals surface area contributed by atoms with Crippen molar-refractivity contribution in [3.05, 3.63) is 28.8 Å². The summed E-state index contributed by atoms with van der Waals surface area (Å²) in [6, 6.07) is 5.08. The average molecular weight is 242 g/mol. The third-order valence-corrected chi connectivity index (χ3v) is 2.41. The minimum Gasteiger partial charge on any atom is -0.465 e. The predicted molar refractivity (Wildman–Crippen MR) is 59.3 cm³/mol. The molecule has 0 aromatic heterocycles. The summed E-state index contributed by atoms with van der Waals surface area (Å²) in [5.41, 5.74) is 1.02.